The number of hydrogen-bond donors (Lipinski definition) is 0. The maximum Gasteiger partial charge on any atom is 0.00495 e. The third-order valence-electron chi connectivity index (χ3n) is 3.67. The molecule has 2 saturated carbocycles. The summed E-state index contributed by atoms with van der Waals surface area (Å²) in [5, 5.41) is 1.01. The molecule has 0 saturated heterocycles. The summed E-state index contributed by atoms with van der Waals surface area (Å²) < 4.78 is 0. The van der Waals surface area contributed by atoms with Crippen LogP contribution in [0.1, 0.15) is 44.9 Å². The first-order chi connectivity index (χ1) is 5.88. The average molecular weight is 184 g/mol. The van der Waals surface area contributed by atoms with Crippen molar-refractivity contribution in [2.24, 2.45) is 11.8 Å². The van der Waals surface area contributed by atoms with Crippen LogP contribution in [0.4, 0.5) is 0 Å². The smallest absolute Gasteiger partial charge is 0.00495 e. The monoisotopic (exact) mass is 184 g/mol. The van der Waals surface area contributed by atoms with Crippen LogP contribution in [0.5, 0.6) is 0 Å². The molecular weight excluding hydrogens is 164 g/mol. The fourth-order valence-corrected chi connectivity index (χ4v) is 3.96. The van der Waals surface area contributed by atoms with E-state index in [0.717, 1.165) is 17.1 Å². The van der Waals surface area contributed by atoms with Crippen LogP contribution in [-0.2, 0) is 0 Å². The zero-order valence-corrected chi connectivity index (χ0v) is 8.91. The van der Waals surface area contributed by atoms with Crippen LogP contribution in [0, 0.1) is 11.8 Å². The molecule has 0 radical (unpaired) electrons. The lowest BCUT2D eigenvalue weighted by atomic mass is 9.80. The number of rotatable bonds is 1. The van der Waals surface area contributed by atoms with E-state index in [2.05, 4.69) is 18.0 Å². The first-order valence-corrected chi connectivity index (χ1v) is 6.70. The van der Waals surface area contributed by atoms with Crippen LogP contribution in [0.25, 0.3) is 0 Å². The predicted molar refractivity (Wildman–Crippen MR) is 56.6 cm³/mol. The minimum absolute atomic E-state index is 1.01. The maximum absolute atomic E-state index is 2.29. The lowest BCUT2D eigenvalue weighted by Gasteiger charge is -2.32. The Morgan fingerprint density at radius 3 is 2.00 bits per heavy atom. The largest absolute Gasteiger partial charge is 0.162 e. The lowest BCUT2D eigenvalue weighted by Crippen LogP contribution is -2.22. The van der Waals surface area contributed by atoms with Gasteiger partial charge in [0.05, 0.1) is 0 Å². The molecule has 0 amide bonds. The Hall–Kier alpha value is 0.350. The molecule has 0 nitrogen and oxygen atoms in total. The van der Waals surface area contributed by atoms with E-state index in [1.54, 1.807) is 6.42 Å². The van der Waals surface area contributed by atoms with Gasteiger partial charge in [0, 0.05) is 5.25 Å². The summed E-state index contributed by atoms with van der Waals surface area (Å²) in [6.45, 7) is 0. The second-order valence-corrected chi connectivity index (χ2v) is 5.72. The van der Waals surface area contributed by atoms with Gasteiger partial charge in [0.2, 0.25) is 0 Å². The molecule has 0 aromatic heterocycles. The zero-order chi connectivity index (χ0) is 8.39. The molecule has 0 heterocycles. The molecule has 0 N–H and O–H groups in total. The second kappa shape index (κ2) is 4.04. The molecule has 2 atom stereocenters. The number of fused-ring (bicyclic) bond motifs is 2. The summed E-state index contributed by atoms with van der Waals surface area (Å²) in [6.07, 6.45) is 13.0. The molecule has 0 spiro atoms. The van der Waals surface area contributed by atoms with Gasteiger partial charge in [-0.3, -0.25) is 0 Å². The molecule has 0 aromatic rings. The fraction of sp³-hybridized carbons (Fsp3) is 1.00. The van der Waals surface area contributed by atoms with Crippen LogP contribution >= 0.6 is 11.8 Å². The molecule has 2 aliphatic rings. The summed E-state index contributed by atoms with van der Waals surface area (Å²) in [4.78, 5) is 0. The van der Waals surface area contributed by atoms with Crippen molar-refractivity contribution in [3.63, 3.8) is 0 Å². The molecule has 2 rings (SSSR count). The lowest BCUT2D eigenvalue weighted by molar-refractivity contribution is 0.278. The SMILES string of the molecule is CSC1CC2CCCCC(C2)C1. The summed E-state index contributed by atoms with van der Waals surface area (Å²) >= 11 is 2.11. The highest BCUT2D eigenvalue weighted by molar-refractivity contribution is 7.99. The van der Waals surface area contributed by atoms with Crippen LogP contribution in [0.3, 0.4) is 0 Å². The van der Waals surface area contributed by atoms with Crippen molar-refractivity contribution in [3.8, 4) is 0 Å². The Kier molecular flexibility index (Phi) is 3.00. The van der Waals surface area contributed by atoms with E-state index in [-0.39, 0.29) is 0 Å². The van der Waals surface area contributed by atoms with Crippen molar-refractivity contribution < 1.29 is 0 Å². The Balaban J connectivity index is 1.96. The van der Waals surface area contributed by atoms with Crippen molar-refractivity contribution in [1.82, 2.24) is 0 Å². The van der Waals surface area contributed by atoms with Crippen LogP contribution in [0.2, 0.25) is 0 Å². The highest BCUT2D eigenvalue weighted by Gasteiger charge is 2.29. The molecule has 0 aliphatic heterocycles. The van der Waals surface area contributed by atoms with E-state index < -0.39 is 0 Å². The minimum atomic E-state index is 1.01. The summed E-state index contributed by atoms with van der Waals surface area (Å²) in [5.74, 6) is 2.20. The van der Waals surface area contributed by atoms with Gasteiger partial charge < -0.3 is 0 Å². The van der Waals surface area contributed by atoms with E-state index in [1.807, 2.05) is 0 Å². The van der Waals surface area contributed by atoms with Gasteiger partial charge in [-0.2, -0.15) is 11.8 Å². The third-order valence-corrected chi connectivity index (χ3v) is 4.72. The van der Waals surface area contributed by atoms with E-state index in [1.165, 1.54) is 38.5 Å². The standard InChI is InChI=1S/C11H20S/c1-12-11-7-9-4-2-3-5-10(6-9)8-11/h9-11H,2-8H2,1H3. The second-order valence-electron chi connectivity index (χ2n) is 4.58. The molecular formula is C11H20S. The average Bonchev–Trinajstić information content (AvgIpc) is 2.27. The molecule has 70 valence electrons. The van der Waals surface area contributed by atoms with Gasteiger partial charge in [-0.05, 0) is 37.4 Å². The summed E-state index contributed by atoms with van der Waals surface area (Å²) in [7, 11) is 0. The quantitative estimate of drug-likeness (QED) is 0.598. The third kappa shape index (κ3) is 1.99. The number of thioether (sulfide) groups is 1. The molecule has 2 unspecified atom stereocenters. The topological polar surface area (TPSA) is 0 Å². The summed E-state index contributed by atoms with van der Waals surface area (Å²) in [5.41, 5.74) is 0. The Labute approximate surface area is 80.5 Å². The normalized spacial score (nSPS) is 42.2. The fourth-order valence-electron chi connectivity index (χ4n) is 3.03. The van der Waals surface area contributed by atoms with Gasteiger partial charge in [0.1, 0.15) is 0 Å². The molecule has 2 aliphatic carbocycles. The zero-order valence-electron chi connectivity index (χ0n) is 8.09. The Morgan fingerprint density at radius 1 is 0.917 bits per heavy atom. The predicted octanol–water partition coefficient (Wildman–Crippen LogP) is 3.71. The number of hydrogen-bond acceptors (Lipinski definition) is 1. The Morgan fingerprint density at radius 2 is 1.50 bits per heavy atom. The van der Waals surface area contributed by atoms with E-state index >= 15 is 0 Å². The first-order valence-electron chi connectivity index (χ1n) is 5.41. The molecule has 2 fully saturated rings. The maximum atomic E-state index is 2.29. The van der Waals surface area contributed by atoms with Crippen molar-refractivity contribution in [2.45, 2.75) is 50.2 Å². The van der Waals surface area contributed by atoms with Gasteiger partial charge in [-0.1, -0.05) is 25.7 Å². The van der Waals surface area contributed by atoms with E-state index in [0.29, 0.717) is 0 Å². The van der Waals surface area contributed by atoms with E-state index in [9.17, 15) is 0 Å². The first kappa shape index (κ1) is 8.93. The molecule has 12 heavy (non-hydrogen) atoms. The van der Waals surface area contributed by atoms with E-state index in [4.69, 9.17) is 0 Å². The molecule has 2 bridgehead atoms. The van der Waals surface area contributed by atoms with Gasteiger partial charge >= 0.3 is 0 Å². The van der Waals surface area contributed by atoms with Crippen molar-refractivity contribution in [3.05, 3.63) is 0 Å². The van der Waals surface area contributed by atoms with Crippen molar-refractivity contribution >= 4 is 11.8 Å². The van der Waals surface area contributed by atoms with Crippen molar-refractivity contribution in [1.29, 1.82) is 0 Å². The van der Waals surface area contributed by atoms with Gasteiger partial charge in [0.15, 0.2) is 0 Å². The highest BCUT2D eigenvalue weighted by atomic mass is 32.2. The van der Waals surface area contributed by atoms with Crippen LogP contribution in [0.15, 0.2) is 0 Å². The summed E-state index contributed by atoms with van der Waals surface area (Å²) in [6, 6.07) is 0. The Bertz CT molecular complexity index is 130. The minimum Gasteiger partial charge on any atom is -0.162 e. The van der Waals surface area contributed by atoms with Gasteiger partial charge in [-0.15, -0.1) is 0 Å². The van der Waals surface area contributed by atoms with Crippen LogP contribution in [-0.4, -0.2) is 11.5 Å². The molecule has 1 heteroatoms. The van der Waals surface area contributed by atoms with Gasteiger partial charge in [-0.25, -0.2) is 0 Å². The van der Waals surface area contributed by atoms with Gasteiger partial charge in [0.25, 0.3) is 0 Å². The van der Waals surface area contributed by atoms with Crippen molar-refractivity contribution in [2.75, 3.05) is 6.26 Å². The van der Waals surface area contributed by atoms with Crippen LogP contribution < -0.4 is 0 Å². The highest BCUT2D eigenvalue weighted by Crippen LogP contribution is 2.41. The molecule has 0 aromatic carbocycles.